The van der Waals surface area contributed by atoms with Gasteiger partial charge in [-0.1, -0.05) is 32.4 Å². The van der Waals surface area contributed by atoms with Crippen molar-refractivity contribution in [1.82, 2.24) is 15.0 Å². The fourth-order valence-electron chi connectivity index (χ4n) is 2.39. The van der Waals surface area contributed by atoms with Gasteiger partial charge in [0.15, 0.2) is 0 Å². The van der Waals surface area contributed by atoms with Gasteiger partial charge in [0.1, 0.15) is 0 Å². The Morgan fingerprint density at radius 1 is 1.00 bits per heavy atom. The Kier molecular flexibility index (Phi) is 10.9. The molecule has 0 fully saturated rings. The summed E-state index contributed by atoms with van der Waals surface area (Å²) in [6, 6.07) is 0. The third-order valence-electron chi connectivity index (χ3n) is 3.79. The van der Waals surface area contributed by atoms with Crippen LogP contribution in [0, 0.1) is 5.41 Å². The largest absolute Gasteiger partial charge is 0.379 e. The van der Waals surface area contributed by atoms with Crippen molar-refractivity contribution in [2.24, 2.45) is 5.41 Å². The predicted molar refractivity (Wildman–Crippen MR) is 99.8 cm³/mol. The standard InChI is InChI=1S/C19H37N3O3/c1-17(2)25-12-8-18-16-20-21-22(18)10-13-24-15-14-23-11-7-6-9-19(3,4)5/h16-17H,6-15H2,1-5H3. The van der Waals surface area contributed by atoms with Gasteiger partial charge < -0.3 is 14.2 Å². The minimum absolute atomic E-state index is 0.251. The fraction of sp³-hybridized carbons (Fsp3) is 0.895. The van der Waals surface area contributed by atoms with Crippen LogP contribution in [0.1, 0.15) is 59.6 Å². The molecule has 0 aliphatic rings. The van der Waals surface area contributed by atoms with Crippen LogP contribution in [0.5, 0.6) is 0 Å². The van der Waals surface area contributed by atoms with Crippen LogP contribution >= 0.6 is 0 Å². The topological polar surface area (TPSA) is 58.4 Å². The zero-order valence-electron chi connectivity index (χ0n) is 16.8. The Morgan fingerprint density at radius 2 is 1.72 bits per heavy atom. The molecule has 6 heteroatoms. The van der Waals surface area contributed by atoms with Crippen LogP contribution in [-0.4, -0.2) is 54.1 Å². The summed E-state index contributed by atoms with van der Waals surface area (Å²) in [5.41, 5.74) is 1.50. The summed E-state index contributed by atoms with van der Waals surface area (Å²) in [7, 11) is 0. The van der Waals surface area contributed by atoms with Gasteiger partial charge in [0.05, 0.1) is 51.0 Å². The van der Waals surface area contributed by atoms with Crippen LogP contribution in [0.25, 0.3) is 0 Å². The van der Waals surface area contributed by atoms with Crippen molar-refractivity contribution in [2.75, 3.05) is 33.0 Å². The first kappa shape index (κ1) is 22.1. The molecule has 0 aromatic carbocycles. The van der Waals surface area contributed by atoms with Crippen molar-refractivity contribution < 1.29 is 14.2 Å². The molecular formula is C19H37N3O3. The number of nitrogens with zero attached hydrogens (tertiary/aromatic N) is 3. The van der Waals surface area contributed by atoms with Crippen LogP contribution in [0.2, 0.25) is 0 Å². The smallest absolute Gasteiger partial charge is 0.0726 e. The summed E-state index contributed by atoms with van der Waals surface area (Å²) >= 11 is 0. The van der Waals surface area contributed by atoms with E-state index in [0.717, 1.165) is 25.1 Å². The first-order valence-corrected chi connectivity index (χ1v) is 9.53. The van der Waals surface area contributed by atoms with Gasteiger partial charge in [0.25, 0.3) is 0 Å². The van der Waals surface area contributed by atoms with Gasteiger partial charge in [0.2, 0.25) is 0 Å². The molecule has 1 aromatic heterocycles. The molecular weight excluding hydrogens is 318 g/mol. The van der Waals surface area contributed by atoms with Crippen LogP contribution in [0.15, 0.2) is 6.20 Å². The van der Waals surface area contributed by atoms with E-state index in [-0.39, 0.29) is 6.10 Å². The lowest BCUT2D eigenvalue weighted by atomic mass is 9.90. The van der Waals surface area contributed by atoms with Crippen LogP contribution in [0.4, 0.5) is 0 Å². The van der Waals surface area contributed by atoms with Crippen molar-refractivity contribution in [1.29, 1.82) is 0 Å². The average molecular weight is 356 g/mol. The highest BCUT2D eigenvalue weighted by Crippen LogP contribution is 2.21. The van der Waals surface area contributed by atoms with Crippen molar-refractivity contribution >= 4 is 0 Å². The van der Waals surface area contributed by atoms with E-state index in [1.54, 1.807) is 6.20 Å². The second-order valence-electron chi connectivity index (χ2n) is 7.86. The van der Waals surface area contributed by atoms with Crippen molar-refractivity contribution in [3.8, 4) is 0 Å². The highest BCUT2D eigenvalue weighted by Gasteiger charge is 2.08. The summed E-state index contributed by atoms with van der Waals surface area (Å²) in [6.45, 7) is 15.0. The van der Waals surface area contributed by atoms with Crippen molar-refractivity contribution in [3.05, 3.63) is 11.9 Å². The van der Waals surface area contributed by atoms with Gasteiger partial charge in [0, 0.05) is 13.0 Å². The van der Waals surface area contributed by atoms with Gasteiger partial charge >= 0.3 is 0 Å². The molecule has 0 aliphatic heterocycles. The Morgan fingerprint density at radius 3 is 2.40 bits per heavy atom. The first-order chi connectivity index (χ1) is 11.9. The first-order valence-electron chi connectivity index (χ1n) is 9.53. The lowest BCUT2D eigenvalue weighted by Gasteiger charge is -2.17. The van der Waals surface area contributed by atoms with E-state index in [1.807, 2.05) is 18.5 Å². The van der Waals surface area contributed by atoms with E-state index in [9.17, 15) is 0 Å². The minimum atomic E-state index is 0.251. The second kappa shape index (κ2) is 12.4. The zero-order chi connectivity index (χ0) is 18.5. The maximum absolute atomic E-state index is 5.62. The molecule has 0 bridgehead atoms. The molecule has 146 valence electrons. The van der Waals surface area contributed by atoms with E-state index in [4.69, 9.17) is 14.2 Å². The number of aromatic nitrogens is 3. The highest BCUT2D eigenvalue weighted by atomic mass is 16.5. The summed E-state index contributed by atoms with van der Waals surface area (Å²) in [6.07, 6.45) is 6.46. The summed E-state index contributed by atoms with van der Waals surface area (Å²) in [4.78, 5) is 0. The van der Waals surface area contributed by atoms with Gasteiger partial charge in [-0.2, -0.15) is 0 Å². The summed E-state index contributed by atoms with van der Waals surface area (Å²) in [5, 5.41) is 8.07. The van der Waals surface area contributed by atoms with Crippen molar-refractivity contribution in [2.45, 2.75) is 73.0 Å². The van der Waals surface area contributed by atoms with Gasteiger partial charge in [-0.3, -0.25) is 0 Å². The second-order valence-corrected chi connectivity index (χ2v) is 7.86. The van der Waals surface area contributed by atoms with E-state index in [1.165, 1.54) is 12.8 Å². The van der Waals surface area contributed by atoms with Crippen LogP contribution < -0.4 is 0 Å². The number of rotatable bonds is 14. The maximum atomic E-state index is 5.62. The van der Waals surface area contributed by atoms with Gasteiger partial charge in [-0.15, -0.1) is 5.10 Å². The quantitative estimate of drug-likeness (QED) is 0.478. The number of ether oxygens (including phenoxy) is 3. The molecule has 1 rings (SSSR count). The average Bonchev–Trinajstić information content (AvgIpc) is 2.95. The third kappa shape index (κ3) is 12.1. The molecule has 25 heavy (non-hydrogen) atoms. The number of hydrogen-bond acceptors (Lipinski definition) is 5. The molecule has 0 amide bonds. The molecule has 0 N–H and O–H groups in total. The molecule has 0 atom stereocenters. The van der Waals surface area contributed by atoms with E-state index in [0.29, 0.717) is 38.4 Å². The Bertz CT molecular complexity index is 441. The molecule has 0 aliphatic carbocycles. The predicted octanol–water partition coefficient (Wildman–Crippen LogP) is 3.50. The maximum Gasteiger partial charge on any atom is 0.0726 e. The summed E-state index contributed by atoms with van der Waals surface area (Å²) < 4.78 is 18.7. The third-order valence-corrected chi connectivity index (χ3v) is 3.79. The molecule has 6 nitrogen and oxygen atoms in total. The summed E-state index contributed by atoms with van der Waals surface area (Å²) in [5.74, 6) is 0. The Labute approximate surface area is 153 Å². The zero-order valence-corrected chi connectivity index (χ0v) is 16.8. The molecule has 0 radical (unpaired) electrons. The number of unbranched alkanes of at least 4 members (excludes halogenated alkanes) is 1. The monoisotopic (exact) mass is 355 g/mol. The van der Waals surface area contributed by atoms with Crippen molar-refractivity contribution in [3.63, 3.8) is 0 Å². The molecule has 0 unspecified atom stereocenters. The van der Waals surface area contributed by atoms with E-state index in [2.05, 4.69) is 31.1 Å². The SMILES string of the molecule is CC(C)OCCc1cnnn1CCOCCOCCCCC(C)(C)C. The Hall–Kier alpha value is -0.980. The van der Waals surface area contributed by atoms with Gasteiger partial charge in [-0.25, -0.2) is 4.68 Å². The molecule has 0 saturated heterocycles. The lowest BCUT2D eigenvalue weighted by Crippen LogP contribution is -2.15. The highest BCUT2D eigenvalue weighted by molar-refractivity contribution is 4.94. The van der Waals surface area contributed by atoms with E-state index >= 15 is 0 Å². The van der Waals surface area contributed by atoms with E-state index < -0.39 is 0 Å². The number of hydrogen-bond donors (Lipinski definition) is 0. The molecule has 1 heterocycles. The van der Waals surface area contributed by atoms with Crippen LogP contribution in [-0.2, 0) is 27.2 Å². The Balaban J connectivity index is 1.99. The van der Waals surface area contributed by atoms with Crippen LogP contribution in [0.3, 0.4) is 0 Å². The normalized spacial score (nSPS) is 12.2. The molecule has 1 aromatic rings. The fourth-order valence-corrected chi connectivity index (χ4v) is 2.39. The molecule has 0 spiro atoms. The lowest BCUT2D eigenvalue weighted by molar-refractivity contribution is 0.0415. The molecule has 0 saturated carbocycles. The minimum Gasteiger partial charge on any atom is -0.379 e. The van der Waals surface area contributed by atoms with Gasteiger partial charge in [-0.05, 0) is 32.1 Å².